The van der Waals surface area contributed by atoms with Crippen molar-refractivity contribution in [2.24, 2.45) is 5.92 Å². The lowest BCUT2D eigenvalue weighted by Gasteiger charge is -2.06. The highest BCUT2D eigenvalue weighted by molar-refractivity contribution is 5.98. The van der Waals surface area contributed by atoms with Crippen molar-refractivity contribution in [1.29, 1.82) is 0 Å². The van der Waals surface area contributed by atoms with E-state index in [0.29, 0.717) is 6.61 Å². The Bertz CT molecular complexity index is 313. The fourth-order valence-electron chi connectivity index (χ4n) is 0.899. The molecule has 14 heavy (non-hydrogen) atoms. The molecule has 5 N–H and O–H groups in total. The Hall–Kier alpha value is -1.72. The van der Waals surface area contributed by atoms with Gasteiger partial charge in [0.1, 0.15) is 11.4 Å². The van der Waals surface area contributed by atoms with Gasteiger partial charge in [0.05, 0.1) is 6.61 Å². The van der Waals surface area contributed by atoms with Gasteiger partial charge in [-0.05, 0) is 5.92 Å². The van der Waals surface area contributed by atoms with Gasteiger partial charge >= 0.3 is 5.97 Å². The first-order chi connectivity index (χ1) is 6.52. The second-order valence-electron chi connectivity index (χ2n) is 3.39. The van der Waals surface area contributed by atoms with E-state index in [4.69, 9.17) is 16.2 Å². The Morgan fingerprint density at radius 3 is 2.64 bits per heavy atom. The third-order valence-electron chi connectivity index (χ3n) is 1.57. The summed E-state index contributed by atoms with van der Waals surface area (Å²) < 4.78 is 4.95. The number of nitrogens with two attached hydrogens (primary N) is 2. The van der Waals surface area contributed by atoms with Crippen molar-refractivity contribution in [2.45, 2.75) is 13.8 Å². The van der Waals surface area contributed by atoms with Crippen LogP contribution in [0.1, 0.15) is 24.2 Å². The lowest BCUT2D eigenvalue weighted by atomic mass is 10.2. The third-order valence-corrected chi connectivity index (χ3v) is 1.57. The van der Waals surface area contributed by atoms with Crippen molar-refractivity contribution >= 4 is 17.6 Å². The van der Waals surface area contributed by atoms with Gasteiger partial charge in [0, 0.05) is 0 Å². The molecule has 0 bridgehead atoms. The Morgan fingerprint density at radius 1 is 1.57 bits per heavy atom. The molecule has 0 amide bonds. The standard InChI is InChI=1S/C8H14N4O2/c1-4(2)3-14-8(13)5-6(9)11-12-7(5)10/h4H,3H2,1-2H3,(H5,9,10,11,12). The summed E-state index contributed by atoms with van der Waals surface area (Å²) in [4.78, 5) is 11.4. The van der Waals surface area contributed by atoms with Crippen LogP contribution in [0.3, 0.4) is 0 Å². The number of nitrogens with one attached hydrogen (secondary N) is 1. The highest BCUT2D eigenvalue weighted by Crippen LogP contribution is 2.16. The smallest absolute Gasteiger partial charge is 0.345 e. The molecule has 0 saturated carbocycles. The summed E-state index contributed by atoms with van der Waals surface area (Å²) in [6.45, 7) is 4.22. The minimum absolute atomic E-state index is 0.0660. The molecule has 0 radical (unpaired) electrons. The molecule has 0 fully saturated rings. The van der Waals surface area contributed by atoms with Crippen molar-refractivity contribution in [2.75, 3.05) is 18.1 Å². The highest BCUT2D eigenvalue weighted by Gasteiger charge is 2.18. The van der Waals surface area contributed by atoms with Gasteiger partial charge in [-0.1, -0.05) is 13.8 Å². The number of hydrogen-bond acceptors (Lipinski definition) is 5. The molecule has 78 valence electrons. The van der Waals surface area contributed by atoms with Crippen LogP contribution >= 0.6 is 0 Å². The molecule has 6 nitrogen and oxygen atoms in total. The second kappa shape index (κ2) is 3.99. The number of anilines is 2. The molecule has 1 heterocycles. The number of esters is 1. The lowest BCUT2D eigenvalue weighted by molar-refractivity contribution is 0.0461. The maximum atomic E-state index is 11.4. The Labute approximate surface area is 81.6 Å². The van der Waals surface area contributed by atoms with Crippen molar-refractivity contribution < 1.29 is 9.53 Å². The SMILES string of the molecule is CC(C)COC(=O)c1c(N)n[nH]c1N. The van der Waals surface area contributed by atoms with Gasteiger partial charge in [-0.3, -0.25) is 5.10 Å². The van der Waals surface area contributed by atoms with Gasteiger partial charge < -0.3 is 16.2 Å². The number of rotatable bonds is 3. The molecule has 0 spiro atoms. The molecular weight excluding hydrogens is 184 g/mol. The van der Waals surface area contributed by atoms with Crippen LogP contribution < -0.4 is 11.5 Å². The summed E-state index contributed by atoms with van der Waals surface area (Å²) in [5, 5.41) is 6.00. The van der Waals surface area contributed by atoms with Gasteiger partial charge in [0.2, 0.25) is 0 Å². The summed E-state index contributed by atoms with van der Waals surface area (Å²) in [7, 11) is 0. The van der Waals surface area contributed by atoms with Gasteiger partial charge in [-0.2, -0.15) is 5.10 Å². The largest absolute Gasteiger partial charge is 0.462 e. The number of hydrogen-bond donors (Lipinski definition) is 3. The number of nitrogen functional groups attached to an aromatic ring is 2. The minimum Gasteiger partial charge on any atom is -0.462 e. The van der Waals surface area contributed by atoms with Crippen LogP contribution in [0, 0.1) is 5.92 Å². The average molecular weight is 198 g/mol. The van der Waals surface area contributed by atoms with Crippen LogP contribution in [-0.4, -0.2) is 22.8 Å². The Balaban J connectivity index is 2.70. The first kappa shape index (κ1) is 10.4. The van der Waals surface area contributed by atoms with Crippen LogP contribution in [0.5, 0.6) is 0 Å². The molecule has 0 saturated heterocycles. The van der Waals surface area contributed by atoms with Gasteiger partial charge in [-0.15, -0.1) is 0 Å². The monoisotopic (exact) mass is 198 g/mol. The average Bonchev–Trinajstić information content (AvgIpc) is 2.42. The number of carbonyl (C=O) groups excluding carboxylic acids is 1. The molecule has 0 aliphatic heterocycles. The number of carbonyl (C=O) groups is 1. The maximum absolute atomic E-state index is 11.4. The highest BCUT2D eigenvalue weighted by atomic mass is 16.5. The van der Waals surface area contributed by atoms with Crippen LogP contribution in [0.4, 0.5) is 11.6 Å². The predicted molar refractivity (Wildman–Crippen MR) is 52.5 cm³/mol. The number of nitrogens with zero attached hydrogens (tertiary/aromatic N) is 1. The zero-order chi connectivity index (χ0) is 10.7. The van der Waals surface area contributed by atoms with Crippen molar-refractivity contribution in [3.05, 3.63) is 5.56 Å². The van der Waals surface area contributed by atoms with Crippen LogP contribution in [0.15, 0.2) is 0 Å². The van der Waals surface area contributed by atoms with Crippen LogP contribution in [0.25, 0.3) is 0 Å². The van der Waals surface area contributed by atoms with E-state index in [0.717, 1.165) is 0 Å². The fraction of sp³-hybridized carbons (Fsp3) is 0.500. The second-order valence-corrected chi connectivity index (χ2v) is 3.39. The zero-order valence-corrected chi connectivity index (χ0v) is 8.20. The van der Waals surface area contributed by atoms with Crippen molar-refractivity contribution in [1.82, 2.24) is 10.2 Å². The third kappa shape index (κ3) is 2.15. The number of ether oxygens (including phenoxy) is 1. The fourth-order valence-corrected chi connectivity index (χ4v) is 0.899. The minimum atomic E-state index is -0.539. The summed E-state index contributed by atoms with van der Waals surface area (Å²) in [5.41, 5.74) is 11.0. The number of aromatic nitrogens is 2. The van der Waals surface area contributed by atoms with E-state index in [1.165, 1.54) is 0 Å². The number of aromatic amines is 1. The molecule has 1 rings (SSSR count). The van der Waals surface area contributed by atoms with E-state index in [1.807, 2.05) is 13.8 Å². The topological polar surface area (TPSA) is 107 Å². The first-order valence-corrected chi connectivity index (χ1v) is 4.28. The zero-order valence-electron chi connectivity index (χ0n) is 8.20. The van der Waals surface area contributed by atoms with E-state index in [-0.39, 0.29) is 23.1 Å². The summed E-state index contributed by atoms with van der Waals surface area (Å²) in [5.74, 6) is -0.0664. The van der Waals surface area contributed by atoms with E-state index in [1.54, 1.807) is 0 Å². The molecule has 0 aromatic carbocycles. The van der Waals surface area contributed by atoms with Gasteiger partial charge in [0.25, 0.3) is 0 Å². The number of H-pyrrole nitrogens is 1. The van der Waals surface area contributed by atoms with Crippen molar-refractivity contribution in [3.63, 3.8) is 0 Å². The van der Waals surface area contributed by atoms with Crippen LogP contribution in [0.2, 0.25) is 0 Å². The molecular formula is C8H14N4O2. The lowest BCUT2D eigenvalue weighted by Crippen LogP contribution is -2.12. The maximum Gasteiger partial charge on any atom is 0.345 e. The summed E-state index contributed by atoms with van der Waals surface area (Å²) >= 11 is 0. The normalized spacial score (nSPS) is 10.5. The molecule has 0 aliphatic carbocycles. The Morgan fingerprint density at radius 2 is 2.21 bits per heavy atom. The predicted octanol–water partition coefficient (Wildman–Crippen LogP) is 0.387. The molecule has 0 unspecified atom stereocenters. The van der Waals surface area contributed by atoms with E-state index >= 15 is 0 Å². The summed E-state index contributed by atoms with van der Waals surface area (Å²) in [6.07, 6.45) is 0. The molecule has 0 atom stereocenters. The van der Waals surface area contributed by atoms with Gasteiger partial charge in [0.15, 0.2) is 5.82 Å². The van der Waals surface area contributed by atoms with Gasteiger partial charge in [-0.25, -0.2) is 4.79 Å². The molecule has 1 aromatic heterocycles. The van der Waals surface area contributed by atoms with Crippen LogP contribution in [-0.2, 0) is 4.74 Å². The quantitative estimate of drug-likeness (QED) is 0.609. The molecule has 1 aromatic rings. The van der Waals surface area contributed by atoms with E-state index in [2.05, 4.69) is 10.2 Å². The first-order valence-electron chi connectivity index (χ1n) is 4.28. The molecule has 0 aliphatic rings. The van der Waals surface area contributed by atoms with E-state index < -0.39 is 5.97 Å². The Kier molecular flexibility index (Phi) is 2.95. The summed E-state index contributed by atoms with van der Waals surface area (Å²) in [6, 6.07) is 0. The van der Waals surface area contributed by atoms with Crippen molar-refractivity contribution in [3.8, 4) is 0 Å². The van der Waals surface area contributed by atoms with E-state index in [9.17, 15) is 4.79 Å². The molecule has 6 heteroatoms.